The SMILES string of the molecule is CC(CN(C)c1cc(C(N)=O)ccn1)N1CCOCC1. The van der Waals surface area contributed by atoms with Gasteiger partial charge in [-0.1, -0.05) is 0 Å². The molecular formula is C14H22N4O2. The summed E-state index contributed by atoms with van der Waals surface area (Å²) in [6.45, 7) is 6.55. The molecule has 1 atom stereocenters. The van der Waals surface area contributed by atoms with E-state index in [-0.39, 0.29) is 0 Å². The molecule has 2 heterocycles. The molecule has 0 aromatic carbocycles. The predicted octanol–water partition coefficient (Wildman–Crippen LogP) is 0.337. The van der Waals surface area contributed by atoms with Gasteiger partial charge in [0.25, 0.3) is 0 Å². The van der Waals surface area contributed by atoms with E-state index >= 15 is 0 Å². The first kappa shape index (κ1) is 14.7. The van der Waals surface area contributed by atoms with E-state index in [1.165, 1.54) is 0 Å². The van der Waals surface area contributed by atoms with Crippen LogP contribution in [-0.2, 0) is 4.74 Å². The van der Waals surface area contributed by atoms with Crippen molar-refractivity contribution in [1.29, 1.82) is 0 Å². The lowest BCUT2D eigenvalue weighted by Gasteiger charge is -2.34. The maximum Gasteiger partial charge on any atom is 0.248 e. The molecule has 110 valence electrons. The predicted molar refractivity (Wildman–Crippen MR) is 77.9 cm³/mol. The fraction of sp³-hybridized carbons (Fsp3) is 0.571. The van der Waals surface area contributed by atoms with Crippen LogP contribution in [0.2, 0.25) is 0 Å². The van der Waals surface area contributed by atoms with Crippen molar-refractivity contribution < 1.29 is 9.53 Å². The van der Waals surface area contributed by atoms with Crippen LogP contribution in [0.1, 0.15) is 17.3 Å². The summed E-state index contributed by atoms with van der Waals surface area (Å²) in [4.78, 5) is 19.9. The Morgan fingerprint density at radius 3 is 2.90 bits per heavy atom. The summed E-state index contributed by atoms with van der Waals surface area (Å²) < 4.78 is 5.36. The number of ether oxygens (including phenoxy) is 1. The maximum absolute atomic E-state index is 11.2. The molecule has 1 aliphatic heterocycles. The van der Waals surface area contributed by atoms with E-state index in [0.29, 0.717) is 11.6 Å². The second kappa shape index (κ2) is 6.67. The van der Waals surface area contributed by atoms with Gasteiger partial charge in [0.15, 0.2) is 0 Å². The Hall–Kier alpha value is -1.66. The highest BCUT2D eigenvalue weighted by Gasteiger charge is 2.19. The summed E-state index contributed by atoms with van der Waals surface area (Å²) in [7, 11) is 1.98. The molecule has 0 aliphatic carbocycles. The van der Waals surface area contributed by atoms with Gasteiger partial charge in [0, 0.05) is 44.5 Å². The van der Waals surface area contributed by atoms with Crippen LogP contribution in [0.5, 0.6) is 0 Å². The molecular weight excluding hydrogens is 256 g/mol. The third kappa shape index (κ3) is 3.68. The quantitative estimate of drug-likeness (QED) is 0.841. The van der Waals surface area contributed by atoms with Crippen LogP contribution in [0.3, 0.4) is 0 Å². The Labute approximate surface area is 119 Å². The number of anilines is 1. The van der Waals surface area contributed by atoms with Crippen LogP contribution in [0, 0.1) is 0 Å². The Morgan fingerprint density at radius 2 is 2.25 bits per heavy atom. The fourth-order valence-corrected chi connectivity index (χ4v) is 2.40. The highest BCUT2D eigenvalue weighted by Crippen LogP contribution is 2.13. The van der Waals surface area contributed by atoms with Crippen molar-refractivity contribution in [2.75, 3.05) is 44.8 Å². The molecule has 2 N–H and O–H groups in total. The molecule has 6 nitrogen and oxygen atoms in total. The number of nitrogens with zero attached hydrogens (tertiary/aromatic N) is 3. The molecule has 2 rings (SSSR count). The maximum atomic E-state index is 11.2. The zero-order valence-electron chi connectivity index (χ0n) is 12.1. The summed E-state index contributed by atoms with van der Waals surface area (Å²) in [5.74, 6) is 0.338. The molecule has 1 saturated heterocycles. The van der Waals surface area contributed by atoms with E-state index in [9.17, 15) is 4.79 Å². The number of hydrogen-bond donors (Lipinski definition) is 1. The van der Waals surface area contributed by atoms with Crippen molar-refractivity contribution in [3.63, 3.8) is 0 Å². The largest absolute Gasteiger partial charge is 0.379 e. The molecule has 1 fully saturated rings. The first-order chi connectivity index (χ1) is 9.58. The first-order valence-corrected chi connectivity index (χ1v) is 6.86. The smallest absolute Gasteiger partial charge is 0.248 e. The molecule has 1 aliphatic rings. The zero-order chi connectivity index (χ0) is 14.5. The molecule has 1 amide bonds. The van der Waals surface area contributed by atoms with Crippen molar-refractivity contribution in [1.82, 2.24) is 9.88 Å². The minimum Gasteiger partial charge on any atom is -0.379 e. The highest BCUT2D eigenvalue weighted by atomic mass is 16.5. The number of carbonyl (C=O) groups excluding carboxylic acids is 1. The third-order valence-corrected chi connectivity index (χ3v) is 3.63. The van der Waals surface area contributed by atoms with Crippen molar-refractivity contribution in [2.24, 2.45) is 5.73 Å². The van der Waals surface area contributed by atoms with Gasteiger partial charge in [-0.25, -0.2) is 4.98 Å². The molecule has 0 saturated carbocycles. The second-order valence-electron chi connectivity index (χ2n) is 5.14. The number of primary amides is 1. The van der Waals surface area contributed by atoms with Crippen molar-refractivity contribution in [2.45, 2.75) is 13.0 Å². The van der Waals surface area contributed by atoms with Crippen LogP contribution >= 0.6 is 0 Å². The monoisotopic (exact) mass is 278 g/mol. The third-order valence-electron chi connectivity index (χ3n) is 3.63. The molecule has 6 heteroatoms. The number of pyridine rings is 1. The van der Waals surface area contributed by atoms with Crippen molar-refractivity contribution >= 4 is 11.7 Å². The number of aromatic nitrogens is 1. The van der Waals surface area contributed by atoms with E-state index in [1.807, 2.05) is 11.9 Å². The Bertz CT molecular complexity index is 460. The van der Waals surface area contributed by atoms with Crippen LogP contribution in [0.15, 0.2) is 18.3 Å². The van der Waals surface area contributed by atoms with Crippen LogP contribution < -0.4 is 10.6 Å². The van der Waals surface area contributed by atoms with Gasteiger partial charge in [0.05, 0.1) is 13.2 Å². The van der Waals surface area contributed by atoms with E-state index in [0.717, 1.165) is 38.7 Å². The normalized spacial score (nSPS) is 17.7. The standard InChI is InChI=1S/C14H22N4O2/c1-11(18-5-7-20-8-6-18)10-17(2)13-9-12(14(15)19)3-4-16-13/h3-4,9,11H,5-8,10H2,1-2H3,(H2,15,19). The lowest BCUT2D eigenvalue weighted by atomic mass is 10.2. The second-order valence-corrected chi connectivity index (χ2v) is 5.14. The summed E-state index contributed by atoms with van der Waals surface area (Å²) >= 11 is 0. The molecule has 20 heavy (non-hydrogen) atoms. The van der Waals surface area contributed by atoms with E-state index in [2.05, 4.69) is 16.8 Å². The van der Waals surface area contributed by atoms with Gasteiger partial charge >= 0.3 is 0 Å². The van der Waals surface area contributed by atoms with E-state index in [4.69, 9.17) is 10.5 Å². The van der Waals surface area contributed by atoms with E-state index in [1.54, 1.807) is 18.3 Å². The Kier molecular flexibility index (Phi) is 4.92. The van der Waals surface area contributed by atoms with E-state index < -0.39 is 5.91 Å². The number of likely N-dealkylation sites (N-methyl/N-ethyl adjacent to an activating group) is 1. The molecule has 1 unspecified atom stereocenters. The molecule has 0 bridgehead atoms. The number of morpholine rings is 1. The number of amides is 1. The minimum atomic E-state index is -0.428. The molecule has 0 spiro atoms. The summed E-state index contributed by atoms with van der Waals surface area (Å²) in [6.07, 6.45) is 1.62. The average molecular weight is 278 g/mol. The summed E-state index contributed by atoms with van der Waals surface area (Å²) in [5.41, 5.74) is 5.78. The topological polar surface area (TPSA) is 71.7 Å². The van der Waals surface area contributed by atoms with Gasteiger partial charge in [0.1, 0.15) is 5.82 Å². The van der Waals surface area contributed by atoms with Crippen LogP contribution in [-0.4, -0.2) is 61.7 Å². The zero-order valence-corrected chi connectivity index (χ0v) is 12.1. The molecule has 0 radical (unpaired) electrons. The van der Waals surface area contributed by atoms with Crippen molar-refractivity contribution in [3.05, 3.63) is 23.9 Å². The average Bonchev–Trinajstić information content (AvgIpc) is 2.48. The fourth-order valence-electron chi connectivity index (χ4n) is 2.40. The lowest BCUT2D eigenvalue weighted by Crippen LogP contribution is -2.46. The number of rotatable bonds is 5. The van der Waals surface area contributed by atoms with Crippen LogP contribution in [0.4, 0.5) is 5.82 Å². The summed E-state index contributed by atoms with van der Waals surface area (Å²) in [5, 5.41) is 0. The Morgan fingerprint density at radius 1 is 1.55 bits per heavy atom. The summed E-state index contributed by atoms with van der Waals surface area (Å²) in [6, 6.07) is 3.77. The lowest BCUT2D eigenvalue weighted by molar-refractivity contribution is 0.0218. The van der Waals surface area contributed by atoms with Gasteiger partial charge in [-0.05, 0) is 19.1 Å². The number of nitrogens with two attached hydrogens (primary N) is 1. The molecule has 1 aromatic rings. The van der Waals surface area contributed by atoms with Gasteiger partial charge < -0.3 is 15.4 Å². The van der Waals surface area contributed by atoms with Gasteiger partial charge in [-0.15, -0.1) is 0 Å². The van der Waals surface area contributed by atoms with Crippen molar-refractivity contribution in [3.8, 4) is 0 Å². The van der Waals surface area contributed by atoms with Gasteiger partial charge in [-0.2, -0.15) is 0 Å². The minimum absolute atomic E-state index is 0.405. The number of carbonyl (C=O) groups is 1. The van der Waals surface area contributed by atoms with Crippen LogP contribution in [0.25, 0.3) is 0 Å². The Balaban J connectivity index is 1.98. The number of hydrogen-bond acceptors (Lipinski definition) is 5. The molecule has 1 aromatic heterocycles. The van der Waals surface area contributed by atoms with Gasteiger partial charge in [-0.3, -0.25) is 9.69 Å². The highest BCUT2D eigenvalue weighted by molar-refractivity contribution is 5.93. The van der Waals surface area contributed by atoms with Gasteiger partial charge in [0.2, 0.25) is 5.91 Å². The first-order valence-electron chi connectivity index (χ1n) is 6.86.